The SMILES string of the molecule is Nc1ccc(Cl)c(C#CCNC(=O)OCC2c3ccccc3-c3ccccc32)c1. The maximum atomic E-state index is 12.1. The molecular weight excluding hydrogens is 384 g/mol. The van der Waals surface area contributed by atoms with Gasteiger partial charge in [-0.1, -0.05) is 72.0 Å². The standard InChI is InChI=1S/C24H19ClN2O2/c25-23-12-11-17(26)14-16(23)6-5-13-27-24(28)29-15-22-20-9-3-1-7-18(20)19-8-2-4-10-21(19)22/h1-4,7-12,14,22H,13,15,26H2,(H,27,28). The lowest BCUT2D eigenvalue weighted by Gasteiger charge is -2.14. The Morgan fingerprint density at radius 3 is 2.38 bits per heavy atom. The van der Waals surface area contributed by atoms with Gasteiger partial charge in [-0.15, -0.1) is 0 Å². The normalized spacial score (nSPS) is 11.8. The van der Waals surface area contributed by atoms with Crippen molar-refractivity contribution >= 4 is 23.4 Å². The summed E-state index contributed by atoms with van der Waals surface area (Å²) >= 11 is 6.07. The van der Waals surface area contributed by atoms with Crippen molar-refractivity contribution in [1.29, 1.82) is 0 Å². The molecule has 4 rings (SSSR count). The Labute approximate surface area is 174 Å². The molecule has 29 heavy (non-hydrogen) atoms. The molecule has 1 amide bonds. The fourth-order valence-electron chi connectivity index (χ4n) is 3.54. The first-order valence-electron chi connectivity index (χ1n) is 9.26. The van der Waals surface area contributed by atoms with Gasteiger partial charge in [-0.25, -0.2) is 4.79 Å². The minimum Gasteiger partial charge on any atom is -0.449 e. The predicted octanol–water partition coefficient (Wildman–Crippen LogP) is 4.81. The number of carbonyl (C=O) groups is 1. The highest BCUT2D eigenvalue weighted by atomic mass is 35.5. The Hall–Kier alpha value is -3.42. The molecule has 0 aromatic heterocycles. The molecule has 0 atom stereocenters. The third-order valence-corrected chi connectivity index (χ3v) is 5.21. The zero-order valence-electron chi connectivity index (χ0n) is 15.6. The van der Waals surface area contributed by atoms with Crippen LogP contribution >= 0.6 is 11.6 Å². The zero-order chi connectivity index (χ0) is 20.2. The Morgan fingerprint density at radius 1 is 1.03 bits per heavy atom. The smallest absolute Gasteiger partial charge is 0.407 e. The maximum absolute atomic E-state index is 12.1. The Morgan fingerprint density at radius 2 is 1.69 bits per heavy atom. The van der Waals surface area contributed by atoms with E-state index in [0.29, 0.717) is 16.3 Å². The molecule has 0 aliphatic heterocycles. The number of halogens is 1. The number of alkyl carbamates (subject to hydrolysis) is 1. The van der Waals surface area contributed by atoms with Crippen LogP contribution < -0.4 is 11.1 Å². The monoisotopic (exact) mass is 402 g/mol. The summed E-state index contributed by atoms with van der Waals surface area (Å²) in [5.41, 5.74) is 11.7. The number of nitrogens with two attached hydrogens (primary N) is 1. The molecule has 0 saturated carbocycles. The van der Waals surface area contributed by atoms with E-state index in [-0.39, 0.29) is 19.1 Å². The van der Waals surface area contributed by atoms with E-state index >= 15 is 0 Å². The van der Waals surface area contributed by atoms with Crippen molar-refractivity contribution in [2.24, 2.45) is 0 Å². The van der Waals surface area contributed by atoms with Gasteiger partial charge < -0.3 is 15.8 Å². The van der Waals surface area contributed by atoms with Gasteiger partial charge in [0.05, 0.1) is 11.6 Å². The average molecular weight is 403 g/mol. The molecule has 0 heterocycles. The summed E-state index contributed by atoms with van der Waals surface area (Å²) in [7, 11) is 0. The predicted molar refractivity (Wildman–Crippen MR) is 116 cm³/mol. The number of carbonyl (C=O) groups excluding carboxylic acids is 1. The van der Waals surface area contributed by atoms with Gasteiger partial charge in [-0.3, -0.25) is 0 Å². The van der Waals surface area contributed by atoms with Crippen molar-refractivity contribution in [3.63, 3.8) is 0 Å². The van der Waals surface area contributed by atoms with Crippen molar-refractivity contribution in [3.8, 4) is 23.0 Å². The molecule has 3 aromatic rings. The number of hydrogen-bond donors (Lipinski definition) is 2. The molecule has 5 heteroatoms. The first-order chi connectivity index (χ1) is 14.1. The molecular formula is C24H19ClN2O2. The van der Waals surface area contributed by atoms with E-state index in [1.165, 1.54) is 22.3 Å². The maximum Gasteiger partial charge on any atom is 0.407 e. The van der Waals surface area contributed by atoms with Crippen LogP contribution in [0, 0.1) is 11.8 Å². The number of benzene rings is 3. The number of ether oxygens (including phenoxy) is 1. The molecule has 0 bridgehead atoms. The summed E-state index contributed by atoms with van der Waals surface area (Å²) in [6.07, 6.45) is -0.500. The largest absolute Gasteiger partial charge is 0.449 e. The molecule has 0 unspecified atom stereocenters. The minimum atomic E-state index is -0.500. The number of anilines is 1. The first-order valence-corrected chi connectivity index (χ1v) is 9.64. The summed E-state index contributed by atoms with van der Waals surface area (Å²) in [6.45, 7) is 0.427. The highest BCUT2D eigenvalue weighted by Gasteiger charge is 2.28. The van der Waals surface area contributed by atoms with Crippen LogP contribution in [-0.2, 0) is 4.74 Å². The second-order valence-corrected chi connectivity index (χ2v) is 7.13. The summed E-state index contributed by atoms with van der Waals surface area (Å²) in [6, 6.07) is 21.5. The number of nitrogen functional groups attached to an aromatic ring is 1. The lowest BCUT2D eigenvalue weighted by Crippen LogP contribution is -2.26. The van der Waals surface area contributed by atoms with Crippen LogP contribution in [0.4, 0.5) is 10.5 Å². The molecule has 0 saturated heterocycles. The summed E-state index contributed by atoms with van der Waals surface area (Å²) in [5.74, 6) is 5.79. The van der Waals surface area contributed by atoms with Gasteiger partial charge in [0.15, 0.2) is 0 Å². The van der Waals surface area contributed by atoms with Gasteiger partial charge in [0.1, 0.15) is 6.61 Å². The Balaban J connectivity index is 1.36. The fourth-order valence-corrected chi connectivity index (χ4v) is 3.71. The molecule has 0 radical (unpaired) electrons. The number of rotatable bonds is 3. The van der Waals surface area contributed by atoms with Crippen molar-refractivity contribution in [2.75, 3.05) is 18.9 Å². The van der Waals surface area contributed by atoms with Crippen LogP contribution in [0.15, 0.2) is 66.7 Å². The summed E-state index contributed by atoms with van der Waals surface area (Å²) < 4.78 is 5.47. The van der Waals surface area contributed by atoms with E-state index < -0.39 is 6.09 Å². The van der Waals surface area contributed by atoms with Crippen LogP contribution in [-0.4, -0.2) is 19.2 Å². The molecule has 0 spiro atoms. The molecule has 0 fully saturated rings. The summed E-state index contributed by atoms with van der Waals surface area (Å²) in [4.78, 5) is 12.1. The third kappa shape index (κ3) is 4.06. The third-order valence-electron chi connectivity index (χ3n) is 4.88. The molecule has 3 N–H and O–H groups in total. The van der Waals surface area contributed by atoms with Gasteiger partial charge in [0.25, 0.3) is 0 Å². The van der Waals surface area contributed by atoms with E-state index in [1.54, 1.807) is 18.2 Å². The van der Waals surface area contributed by atoms with Gasteiger partial charge in [-0.05, 0) is 40.5 Å². The van der Waals surface area contributed by atoms with Crippen molar-refractivity contribution in [1.82, 2.24) is 5.32 Å². The van der Waals surface area contributed by atoms with Crippen molar-refractivity contribution < 1.29 is 9.53 Å². The Bertz CT molecular complexity index is 1090. The van der Waals surface area contributed by atoms with Gasteiger partial charge >= 0.3 is 6.09 Å². The minimum absolute atomic E-state index is 0.0327. The first kappa shape index (κ1) is 18.9. The van der Waals surface area contributed by atoms with E-state index in [2.05, 4.69) is 41.4 Å². The zero-order valence-corrected chi connectivity index (χ0v) is 16.4. The highest BCUT2D eigenvalue weighted by molar-refractivity contribution is 6.31. The van der Waals surface area contributed by atoms with Crippen molar-refractivity contribution in [3.05, 3.63) is 88.4 Å². The molecule has 144 valence electrons. The van der Waals surface area contributed by atoms with E-state index in [4.69, 9.17) is 22.1 Å². The number of nitrogens with one attached hydrogen (secondary N) is 1. The van der Waals surface area contributed by atoms with Gasteiger partial charge in [0.2, 0.25) is 0 Å². The fraction of sp³-hybridized carbons (Fsp3) is 0.125. The quantitative estimate of drug-likeness (QED) is 0.488. The van der Waals surface area contributed by atoms with Gasteiger partial charge in [0, 0.05) is 17.2 Å². The van der Waals surface area contributed by atoms with E-state index in [9.17, 15) is 4.79 Å². The summed E-state index contributed by atoms with van der Waals surface area (Å²) in [5, 5.41) is 3.17. The lowest BCUT2D eigenvalue weighted by molar-refractivity contribution is 0.144. The second kappa shape index (κ2) is 8.30. The number of hydrogen-bond acceptors (Lipinski definition) is 3. The number of amides is 1. The molecule has 4 nitrogen and oxygen atoms in total. The molecule has 1 aliphatic carbocycles. The van der Waals surface area contributed by atoms with Crippen LogP contribution in [0.25, 0.3) is 11.1 Å². The highest BCUT2D eigenvalue weighted by Crippen LogP contribution is 2.44. The van der Waals surface area contributed by atoms with E-state index in [1.807, 2.05) is 24.3 Å². The molecule has 1 aliphatic rings. The lowest BCUT2D eigenvalue weighted by atomic mass is 9.98. The van der Waals surface area contributed by atoms with Crippen LogP contribution in [0.3, 0.4) is 0 Å². The second-order valence-electron chi connectivity index (χ2n) is 6.72. The van der Waals surface area contributed by atoms with E-state index in [0.717, 1.165) is 0 Å². The Kier molecular flexibility index (Phi) is 5.41. The van der Waals surface area contributed by atoms with Crippen LogP contribution in [0.1, 0.15) is 22.6 Å². The average Bonchev–Trinajstić information content (AvgIpc) is 3.06. The van der Waals surface area contributed by atoms with Crippen LogP contribution in [0.2, 0.25) is 5.02 Å². The van der Waals surface area contributed by atoms with Gasteiger partial charge in [-0.2, -0.15) is 0 Å². The topological polar surface area (TPSA) is 64.3 Å². The number of fused-ring (bicyclic) bond motifs is 3. The van der Waals surface area contributed by atoms with Crippen LogP contribution in [0.5, 0.6) is 0 Å². The van der Waals surface area contributed by atoms with Crippen molar-refractivity contribution in [2.45, 2.75) is 5.92 Å². The molecule has 3 aromatic carbocycles.